The highest BCUT2D eigenvalue weighted by molar-refractivity contribution is 5.80. The summed E-state index contributed by atoms with van der Waals surface area (Å²) in [6.07, 6.45) is 0.837. The van der Waals surface area contributed by atoms with E-state index in [4.69, 9.17) is 14.2 Å². The average Bonchev–Trinajstić information content (AvgIpc) is 3.13. The smallest absolute Gasteiger partial charge is 0.306 e. The third-order valence-corrected chi connectivity index (χ3v) is 4.10. The number of benzene rings is 2. The Balaban J connectivity index is 1.41. The van der Waals surface area contributed by atoms with Gasteiger partial charge in [0.1, 0.15) is 0 Å². The first kappa shape index (κ1) is 17.8. The van der Waals surface area contributed by atoms with Crippen LogP contribution in [0.15, 0.2) is 48.5 Å². The maximum Gasteiger partial charge on any atom is 0.306 e. The summed E-state index contributed by atoms with van der Waals surface area (Å²) in [6.45, 7) is 1.77. The summed E-state index contributed by atoms with van der Waals surface area (Å²) < 4.78 is 15.6. The van der Waals surface area contributed by atoms with E-state index in [-0.39, 0.29) is 37.7 Å². The molecule has 6 heteroatoms. The monoisotopic (exact) mass is 355 g/mol. The molecular weight excluding hydrogens is 334 g/mol. The molecule has 1 heterocycles. The molecule has 1 atom stereocenters. The summed E-state index contributed by atoms with van der Waals surface area (Å²) in [7, 11) is 0. The Morgan fingerprint density at radius 1 is 1.12 bits per heavy atom. The van der Waals surface area contributed by atoms with E-state index in [1.54, 1.807) is 0 Å². The Hall–Kier alpha value is -3.02. The molecule has 1 N–H and O–H groups in total. The zero-order valence-electron chi connectivity index (χ0n) is 14.6. The normalized spacial score (nSPS) is 13.1. The number of nitrogens with one attached hydrogen (secondary N) is 1. The van der Waals surface area contributed by atoms with Gasteiger partial charge in [-0.1, -0.05) is 36.4 Å². The van der Waals surface area contributed by atoms with Crippen LogP contribution in [0.2, 0.25) is 0 Å². The van der Waals surface area contributed by atoms with Gasteiger partial charge >= 0.3 is 5.97 Å². The minimum Gasteiger partial charge on any atom is -0.456 e. The van der Waals surface area contributed by atoms with E-state index in [2.05, 4.69) is 5.32 Å². The van der Waals surface area contributed by atoms with Crippen LogP contribution >= 0.6 is 0 Å². The largest absolute Gasteiger partial charge is 0.456 e. The summed E-state index contributed by atoms with van der Waals surface area (Å²) >= 11 is 0. The number of esters is 1. The third-order valence-electron chi connectivity index (χ3n) is 4.10. The molecule has 1 unspecified atom stereocenters. The Labute approximate surface area is 152 Å². The summed E-state index contributed by atoms with van der Waals surface area (Å²) in [4.78, 5) is 23.8. The fourth-order valence-corrected chi connectivity index (χ4v) is 2.66. The van der Waals surface area contributed by atoms with E-state index in [1.807, 2.05) is 55.5 Å². The van der Waals surface area contributed by atoms with Gasteiger partial charge < -0.3 is 19.5 Å². The minimum atomic E-state index is -0.389. The van der Waals surface area contributed by atoms with Gasteiger partial charge in [-0.05, 0) is 36.6 Å². The van der Waals surface area contributed by atoms with E-state index in [0.29, 0.717) is 17.9 Å². The number of rotatable bonds is 7. The molecule has 1 amide bonds. The van der Waals surface area contributed by atoms with Crippen molar-refractivity contribution < 1.29 is 23.8 Å². The van der Waals surface area contributed by atoms with Crippen LogP contribution in [0.25, 0.3) is 0 Å². The van der Waals surface area contributed by atoms with Gasteiger partial charge in [-0.25, -0.2) is 0 Å². The highest BCUT2D eigenvalue weighted by Gasteiger charge is 2.17. The Morgan fingerprint density at radius 3 is 2.69 bits per heavy atom. The van der Waals surface area contributed by atoms with Gasteiger partial charge in [-0.3, -0.25) is 9.59 Å². The summed E-state index contributed by atoms with van der Waals surface area (Å²) in [6, 6.07) is 14.9. The first-order valence-corrected chi connectivity index (χ1v) is 8.50. The van der Waals surface area contributed by atoms with Gasteiger partial charge in [-0.15, -0.1) is 0 Å². The van der Waals surface area contributed by atoms with Crippen molar-refractivity contribution in [1.82, 2.24) is 5.32 Å². The van der Waals surface area contributed by atoms with Gasteiger partial charge in [-0.2, -0.15) is 0 Å². The van der Waals surface area contributed by atoms with E-state index in [0.717, 1.165) is 11.1 Å². The number of aryl methyl sites for hydroxylation is 1. The second-order valence-corrected chi connectivity index (χ2v) is 6.05. The quantitative estimate of drug-likeness (QED) is 0.773. The fraction of sp³-hybridized carbons (Fsp3) is 0.300. The number of amides is 1. The van der Waals surface area contributed by atoms with Crippen molar-refractivity contribution in [3.63, 3.8) is 0 Å². The molecule has 1 aliphatic rings. The molecule has 2 aromatic rings. The van der Waals surface area contributed by atoms with Crippen LogP contribution in [0, 0.1) is 0 Å². The zero-order chi connectivity index (χ0) is 18.4. The number of ether oxygens (including phenoxy) is 3. The van der Waals surface area contributed by atoms with Crippen molar-refractivity contribution in [3.8, 4) is 11.5 Å². The van der Waals surface area contributed by atoms with E-state index < -0.39 is 0 Å². The zero-order valence-corrected chi connectivity index (χ0v) is 14.6. The van der Waals surface area contributed by atoms with E-state index >= 15 is 0 Å². The predicted molar refractivity (Wildman–Crippen MR) is 94.8 cm³/mol. The average molecular weight is 355 g/mol. The van der Waals surface area contributed by atoms with Crippen LogP contribution in [0.3, 0.4) is 0 Å². The number of fused-ring (bicyclic) bond motifs is 1. The highest BCUT2D eigenvalue weighted by Crippen LogP contribution is 2.34. The van der Waals surface area contributed by atoms with Crippen molar-refractivity contribution in [2.45, 2.75) is 25.8 Å². The number of carbonyl (C=O) groups excluding carboxylic acids is 2. The lowest BCUT2D eigenvalue weighted by Gasteiger charge is -2.15. The molecule has 0 spiro atoms. The molecule has 1 aliphatic heterocycles. The van der Waals surface area contributed by atoms with Crippen LogP contribution in [-0.2, 0) is 20.7 Å². The second-order valence-electron chi connectivity index (χ2n) is 6.05. The standard InChI is InChI=1S/C20H21NO5/c1-14(16-8-9-17-18(11-16)26-13-25-17)21-19(22)12-24-20(23)10-7-15-5-3-2-4-6-15/h2-6,8-9,11,14H,7,10,12-13H2,1H3,(H,21,22). The minimum absolute atomic E-state index is 0.207. The Morgan fingerprint density at radius 2 is 1.88 bits per heavy atom. The first-order chi connectivity index (χ1) is 12.6. The fourth-order valence-electron chi connectivity index (χ4n) is 2.66. The molecule has 3 rings (SSSR count). The van der Waals surface area contributed by atoms with E-state index in [9.17, 15) is 9.59 Å². The van der Waals surface area contributed by atoms with Crippen LogP contribution in [0.1, 0.15) is 30.5 Å². The molecule has 2 aromatic carbocycles. The van der Waals surface area contributed by atoms with Crippen LogP contribution < -0.4 is 14.8 Å². The third kappa shape index (κ3) is 4.75. The topological polar surface area (TPSA) is 73.9 Å². The number of hydrogen-bond donors (Lipinski definition) is 1. The molecule has 0 saturated carbocycles. The van der Waals surface area contributed by atoms with Gasteiger partial charge in [0, 0.05) is 6.42 Å². The summed E-state index contributed by atoms with van der Waals surface area (Å²) in [5.41, 5.74) is 1.95. The SMILES string of the molecule is CC(NC(=O)COC(=O)CCc1ccccc1)c1ccc2c(c1)OCO2. The highest BCUT2D eigenvalue weighted by atomic mass is 16.7. The van der Waals surface area contributed by atoms with Crippen molar-refractivity contribution in [1.29, 1.82) is 0 Å². The second kappa shape index (κ2) is 8.38. The summed E-state index contributed by atoms with van der Waals surface area (Å²) in [5.74, 6) is 0.624. The van der Waals surface area contributed by atoms with Crippen LogP contribution in [0.5, 0.6) is 11.5 Å². The molecular formula is C20H21NO5. The van der Waals surface area contributed by atoms with Crippen molar-refractivity contribution >= 4 is 11.9 Å². The van der Waals surface area contributed by atoms with Gasteiger partial charge in [0.25, 0.3) is 5.91 Å². The Kier molecular flexibility index (Phi) is 5.73. The molecule has 0 saturated heterocycles. The molecule has 0 fully saturated rings. The van der Waals surface area contributed by atoms with Crippen molar-refractivity contribution in [3.05, 3.63) is 59.7 Å². The van der Waals surface area contributed by atoms with Gasteiger partial charge in [0.2, 0.25) is 6.79 Å². The van der Waals surface area contributed by atoms with E-state index in [1.165, 1.54) is 0 Å². The molecule has 26 heavy (non-hydrogen) atoms. The molecule has 0 bridgehead atoms. The van der Waals surface area contributed by atoms with Crippen LogP contribution in [-0.4, -0.2) is 25.3 Å². The molecule has 136 valence electrons. The number of carbonyl (C=O) groups is 2. The van der Waals surface area contributed by atoms with Gasteiger partial charge in [0.15, 0.2) is 18.1 Å². The summed E-state index contributed by atoms with van der Waals surface area (Å²) in [5, 5.41) is 2.80. The lowest BCUT2D eigenvalue weighted by Crippen LogP contribution is -2.31. The van der Waals surface area contributed by atoms with Gasteiger partial charge in [0.05, 0.1) is 6.04 Å². The molecule has 0 radical (unpaired) electrons. The number of hydrogen-bond acceptors (Lipinski definition) is 5. The molecule has 0 aliphatic carbocycles. The molecule has 6 nitrogen and oxygen atoms in total. The maximum atomic E-state index is 12.0. The lowest BCUT2D eigenvalue weighted by molar-refractivity contribution is -0.148. The lowest BCUT2D eigenvalue weighted by atomic mass is 10.1. The predicted octanol–water partition coefficient (Wildman–Crippen LogP) is 2.77. The maximum absolute atomic E-state index is 12.0. The molecule has 0 aromatic heterocycles. The van der Waals surface area contributed by atoms with Crippen molar-refractivity contribution in [2.24, 2.45) is 0 Å². The van der Waals surface area contributed by atoms with Crippen molar-refractivity contribution in [2.75, 3.05) is 13.4 Å². The first-order valence-electron chi connectivity index (χ1n) is 8.50. The Bertz CT molecular complexity index is 775. The van der Waals surface area contributed by atoms with Crippen LogP contribution in [0.4, 0.5) is 0 Å².